The zero-order valence-corrected chi connectivity index (χ0v) is 14.2. The number of rotatable bonds is 3. The van der Waals surface area contributed by atoms with Crippen LogP contribution in [0.25, 0.3) is 27.2 Å². The SMILES string of the molecule is Nc1cc(OCc2ccccc2)c2c3ccccc3c3cccn3c2c1. The third-order valence-corrected chi connectivity index (χ3v) is 4.82. The summed E-state index contributed by atoms with van der Waals surface area (Å²) in [5.41, 5.74) is 10.3. The molecule has 0 saturated carbocycles. The Morgan fingerprint density at radius 1 is 0.769 bits per heavy atom. The molecule has 0 unspecified atom stereocenters. The van der Waals surface area contributed by atoms with Crippen molar-refractivity contribution < 1.29 is 4.74 Å². The number of anilines is 1. The number of fused-ring (bicyclic) bond motifs is 6. The van der Waals surface area contributed by atoms with E-state index in [1.54, 1.807) is 0 Å². The molecule has 5 aromatic rings. The van der Waals surface area contributed by atoms with E-state index in [1.807, 2.05) is 30.3 Å². The molecule has 0 aliphatic carbocycles. The van der Waals surface area contributed by atoms with Crippen LogP contribution < -0.4 is 10.5 Å². The Labute approximate surface area is 151 Å². The van der Waals surface area contributed by atoms with Crippen LogP contribution in [0.4, 0.5) is 5.69 Å². The molecule has 0 saturated heterocycles. The van der Waals surface area contributed by atoms with Gasteiger partial charge in [0.15, 0.2) is 0 Å². The molecular weight excluding hydrogens is 320 g/mol. The molecule has 3 heteroatoms. The van der Waals surface area contributed by atoms with Crippen molar-refractivity contribution in [1.82, 2.24) is 4.40 Å². The minimum atomic E-state index is 0.511. The molecule has 0 aliphatic rings. The summed E-state index contributed by atoms with van der Waals surface area (Å²) in [6.45, 7) is 0.511. The number of nitrogens with zero attached hydrogens (tertiary/aromatic N) is 1. The molecule has 26 heavy (non-hydrogen) atoms. The third kappa shape index (κ3) is 2.29. The van der Waals surface area contributed by atoms with Gasteiger partial charge < -0.3 is 14.9 Å². The van der Waals surface area contributed by atoms with Gasteiger partial charge >= 0.3 is 0 Å². The molecule has 2 aromatic heterocycles. The van der Waals surface area contributed by atoms with Gasteiger partial charge in [-0.15, -0.1) is 0 Å². The van der Waals surface area contributed by atoms with Gasteiger partial charge in [-0.05, 0) is 29.1 Å². The second kappa shape index (κ2) is 5.81. The molecule has 0 bridgehead atoms. The summed E-state index contributed by atoms with van der Waals surface area (Å²) in [4.78, 5) is 0. The van der Waals surface area contributed by atoms with Gasteiger partial charge in [0.25, 0.3) is 0 Å². The van der Waals surface area contributed by atoms with Crippen molar-refractivity contribution in [3.05, 3.63) is 90.6 Å². The zero-order valence-electron chi connectivity index (χ0n) is 14.2. The van der Waals surface area contributed by atoms with Gasteiger partial charge in [0.05, 0.1) is 11.0 Å². The van der Waals surface area contributed by atoms with Crippen LogP contribution >= 0.6 is 0 Å². The quantitative estimate of drug-likeness (QED) is 0.353. The van der Waals surface area contributed by atoms with Gasteiger partial charge in [0.2, 0.25) is 0 Å². The van der Waals surface area contributed by atoms with E-state index in [2.05, 4.69) is 59.1 Å². The highest BCUT2D eigenvalue weighted by Gasteiger charge is 2.13. The van der Waals surface area contributed by atoms with Gasteiger partial charge in [-0.2, -0.15) is 0 Å². The number of hydrogen-bond donors (Lipinski definition) is 1. The monoisotopic (exact) mass is 338 g/mol. The lowest BCUT2D eigenvalue weighted by atomic mass is 10.0. The predicted molar refractivity (Wildman–Crippen MR) is 108 cm³/mol. The number of nitrogens with two attached hydrogens (primary N) is 1. The molecule has 0 fully saturated rings. The Morgan fingerprint density at radius 2 is 1.54 bits per heavy atom. The van der Waals surface area contributed by atoms with E-state index >= 15 is 0 Å². The first kappa shape index (κ1) is 14.8. The van der Waals surface area contributed by atoms with E-state index in [9.17, 15) is 0 Å². The van der Waals surface area contributed by atoms with Crippen molar-refractivity contribution in [3.63, 3.8) is 0 Å². The first-order chi connectivity index (χ1) is 12.8. The number of aromatic nitrogens is 1. The first-order valence-electron chi connectivity index (χ1n) is 8.69. The average molecular weight is 338 g/mol. The Morgan fingerprint density at radius 3 is 2.38 bits per heavy atom. The van der Waals surface area contributed by atoms with Crippen molar-refractivity contribution in [1.29, 1.82) is 0 Å². The van der Waals surface area contributed by atoms with E-state index < -0.39 is 0 Å². The molecule has 2 heterocycles. The van der Waals surface area contributed by atoms with Crippen LogP contribution in [0.1, 0.15) is 5.56 Å². The number of benzene rings is 3. The van der Waals surface area contributed by atoms with Crippen molar-refractivity contribution in [2.75, 3.05) is 5.73 Å². The van der Waals surface area contributed by atoms with E-state index in [0.29, 0.717) is 12.3 Å². The smallest absolute Gasteiger partial charge is 0.131 e. The molecule has 0 radical (unpaired) electrons. The molecule has 0 spiro atoms. The highest BCUT2D eigenvalue weighted by molar-refractivity contribution is 6.15. The summed E-state index contributed by atoms with van der Waals surface area (Å²) in [6, 6.07) is 26.8. The van der Waals surface area contributed by atoms with Crippen molar-refractivity contribution in [2.45, 2.75) is 6.61 Å². The Kier molecular flexibility index (Phi) is 3.32. The van der Waals surface area contributed by atoms with E-state index in [-0.39, 0.29) is 0 Å². The number of pyridine rings is 1. The molecule has 3 aromatic carbocycles. The van der Waals surface area contributed by atoms with Crippen molar-refractivity contribution in [2.24, 2.45) is 0 Å². The summed E-state index contributed by atoms with van der Waals surface area (Å²) >= 11 is 0. The van der Waals surface area contributed by atoms with Gasteiger partial charge in [-0.25, -0.2) is 0 Å². The molecule has 126 valence electrons. The standard InChI is InChI=1S/C23H18N2O/c24-17-13-21-23(22(14-17)26-15-16-7-2-1-3-8-16)19-10-5-4-9-18(19)20-11-6-12-25(20)21/h1-14H,15,24H2. The van der Waals surface area contributed by atoms with Crippen LogP contribution in [0.5, 0.6) is 5.75 Å². The lowest BCUT2D eigenvalue weighted by molar-refractivity contribution is 0.310. The average Bonchev–Trinajstić information content (AvgIpc) is 3.17. The van der Waals surface area contributed by atoms with Crippen molar-refractivity contribution in [3.8, 4) is 5.75 Å². The van der Waals surface area contributed by atoms with Gasteiger partial charge in [0.1, 0.15) is 12.4 Å². The largest absolute Gasteiger partial charge is 0.488 e. The summed E-state index contributed by atoms with van der Waals surface area (Å²) in [7, 11) is 0. The first-order valence-corrected chi connectivity index (χ1v) is 8.69. The topological polar surface area (TPSA) is 39.7 Å². The maximum Gasteiger partial charge on any atom is 0.131 e. The fourth-order valence-corrected chi connectivity index (χ4v) is 3.67. The fourth-order valence-electron chi connectivity index (χ4n) is 3.67. The summed E-state index contributed by atoms with van der Waals surface area (Å²) in [5.74, 6) is 0.815. The number of ether oxygens (including phenoxy) is 1. The molecule has 0 amide bonds. The van der Waals surface area contributed by atoms with Crippen LogP contribution in [0, 0.1) is 0 Å². The number of nitrogen functional groups attached to an aromatic ring is 1. The van der Waals surface area contributed by atoms with Gasteiger partial charge in [-0.3, -0.25) is 0 Å². The fraction of sp³-hybridized carbons (Fsp3) is 0.0435. The van der Waals surface area contributed by atoms with Crippen LogP contribution in [0.2, 0.25) is 0 Å². The molecule has 5 rings (SSSR count). The highest BCUT2D eigenvalue weighted by atomic mass is 16.5. The normalized spacial score (nSPS) is 11.4. The molecule has 0 aliphatic heterocycles. The summed E-state index contributed by atoms with van der Waals surface area (Å²) < 4.78 is 8.41. The molecule has 2 N–H and O–H groups in total. The van der Waals surface area contributed by atoms with E-state index in [4.69, 9.17) is 10.5 Å². The summed E-state index contributed by atoms with van der Waals surface area (Å²) in [5, 5.41) is 3.48. The maximum absolute atomic E-state index is 6.23. The van der Waals surface area contributed by atoms with Gasteiger partial charge in [0, 0.05) is 28.7 Å². The Balaban J connectivity index is 1.79. The van der Waals surface area contributed by atoms with Crippen molar-refractivity contribution >= 4 is 32.9 Å². The van der Waals surface area contributed by atoms with Gasteiger partial charge in [-0.1, -0.05) is 54.6 Å². The molecular formula is C23H18N2O. The molecule has 0 atom stereocenters. The Bertz CT molecular complexity index is 1240. The second-order valence-electron chi connectivity index (χ2n) is 6.50. The summed E-state index contributed by atoms with van der Waals surface area (Å²) in [6.07, 6.45) is 2.07. The number of hydrogen-bond acceptors (Lipinski definition) is 2. The predicted octanol–water partition coefficient (Wildman–Crippen LogP) is 5.41. The lowest BCUT2D eigenvalue weighted by Gasteiger charge is -2.15. The zero-order chi connectivity index (χ0) is 17.5. The minimum absolute atomic E-state index is 0.511. The van der Waals surface area contributed by atoms with Crippen LogP contribution in [-0.4, -0.2) is 4.40 Å². The second-order valence-corrected chi connectivity index (χ2v) is 6.50. The third-order valence-electron chi connectivity index (χ3n) is 4.82. The minimum Gasteiger partial charge on any atom is -0.488 e. The highest BCUT2D eigenvalue weighted by Crippen LogP contribution is 2.37. The Hall–Kier alpha value is -3.46. The van der Waals surface area contributed by atoms with E-state index in [0.717, 1.165) is 22.2 Å². The maximum atomic E-state index is 6.23. The van der Waals surface area contributed by atoms with Crippen LogP contribution in [-0.2, 0) is 6.61 Å². The lowest BCUT2D eigenvalue weighted by Crippen LogP contribution is -1.99. The molecule has 3 nitrogen and oxygen atoms in total. The van der Waals surface area contributed by atoms with Crippen LogP contribution in [0.15, 0.2) is 85.1 Å². The van der Waals surface area contributed by atoms with Crippen LogP contribution in [0.3, 0.4) is 0 Å². The van der Waals surface area contributed by atoms with E-state index in [1.165, 1.54) is 16.3 Å².